The molecule has 17 heavy (non-hydrogen) atoms. The molecule has 1 fully saturated rings. The molecule has 0 spiro atoms. The molecular formula is C14H31N3. The first kappa shape index (κ1) is 14.9. The summed E-state index contributed by atoms with van der Waals surface area (Å²) in [7, 11) is 4.41. The average molecular weight is 241 g/mol. The third kappa shape index (κ3) is 5.36. The Labute approximate surface area is 108 Å². The van der Waals surface area contributed by atoms with Gasteiger partial charge in [0.15, 0.2) is 0 Å². The third-order valence-electron chi connectivity index (χ3n) is 3.90. The molecular weight excluding hydrogens is 210 g/mol. The van der Waals surface area contributed by atoms with Gasteiger partial charge in [-0.3, -0.25) is 4.90 Å². The molecule has 0 aliphatic carbocycles. The van der Waals surface area contributed by atoms with Gasteiger partial charge in [0.2, 0.25) is 0 Å². The Morgan fingerprint density at radius 1 is 1.29 bits per heavy atom. The molecule has 0 aromatic carbocycles. The predicted octanol–water partition coefficient (Wildman–Crippen LogP) is 1.79. The number of piperidine rings is 1. The fraction of sp³-hybridized carbons (Fsp3) is 1.00. The van der Waals surface area contributed by atoms with E-state index in [0.29, 0.717) is 12.1 Å². The van der Waals surface area contributed by atoms with Crippen LogP contribution in [-0.4, -0.2) is 61.7 Å². The second-order valence-electron chi connectivity index (χ2n) is 6.00. The normalized spacial score (nSPS) is 24.5. The number of nitrogens with zero attached hydrogens (tertiary/aromatic N) is 2. The highest BCUT2D eigenvalue weighted by molar-refractivity contribution is 4.81. The van der Waals surface area contributed by atoms with Gasteiger partial charge in [-0.1, -0.05) is 13.8 Å². The molecule has 1 aliphatic heterocycles. The molecule has 1 heterocycles. The summed E-state index contributed by atoms with van der Waals surface area (Å²) in [6.07, 6.45) is 3.98. The maximum absolute atomic E-state index is 3.51. The van der Waals surface area contributed by atoms with Crippen LogP contribution in [-0.2, 0) is 0 Å². The first-order valence-corrected chi connectivity index (χ1v) is 7.14. The lowest BCUT2D eigenvalue weighted by Gasteiger charge is -2.39. The topological polar surface area (TPSA) is 18.5 Å². The first-order chi connectivity index (χ1) is 8.00. The van der Waals surface area contributed by atoms with E-state index in [9.17, 15) is 0 Å². The molecule has 1 aliphatic rings. The van der Waals surface area contributed by atoms with Crippen molar-refractivity contribution in [1.29, 1.82) is 0 Å². The average Bonchev–Trinajstić information content (AvgIpc) is 2.28. The number of likely N-dealkylation sites (N-methyl/N-ethyl adjacent to an activating group) is 1. The first-order valence-electron chi connectivity index (χ1n) is 7.14. The Morgan fingerprint density at radius 2 is 2.00 bits per heavy atom. The summed E-state index contributed by atoms with van der Waals surface area (Å²) in [6, 6.07) is 2.08. The van der Waals surface area contributed by atoms with Gasteiger partial charge < -0.3 is 10.2 Å². The second-order valence-corrected chi connectivity index (χ2v) is 6.00. The minimum atomic E-state index is 0.609. The van der Waals surface area contributed by atoms with Crippen LogP contribution in [0.2, 0.25) is 0 Å². The van der Waals surface area contributed by atoms with Crippen molar-refractivity contribution in [3.05, 3.63) is 0 Å². The highest BCUT2D eigenvalue weighted by Crippen LogP contribution is 2.17. The van der Waals surface area contributed by atoms with Gasteiger partial charge in [0.1, 0.15) is 0 Å². The summed E-state index contributed by atoms with van der Waals surface area (Å²) in [5, 5.41) is 3.51. The van der Waals surface area contributed by atoms with E-state index in [1.165, 1.54) is 32.4 Å². The van der Waals surface area contributed by atoms with Gasteiger partial charge in [-0.25, -0.2) is 0 Å². The third-order valence-corrected chi connectivity index (χ3v) is 3.90. The minimum absolute atomic E-state index is 0.609. The summed E-state index contributed by atoms with van der Waals surface area (Å²) in [5.74, 6) is 0. The maximum atomic E-state index is 3.51. The molecule has 0 saturated carbocycles. The van der Waals surface area contributed by atoms with Crippen LogP contribution in [0.5, 0.6) is 0 Å². The van der Waals surface area contributed by atoms with E-state index in [1.54, 1.807) is 0 Å². The van der Waals surface area contributed by atoms with E-state index in [1.807, 2.05) is 0 Å². The number of hydrogen-bond donors (Lipinski definition) is 1. The van der Waals surface area contributed by atoms with Gasteiger partial charge in [-0.05, 0) is 53.4 Å². The van der Waals surface area contributed by atoms with Crippen LogP contribution in [0.25, 0.3) is 0 Å². The molecule has 102 valence electrons. The van der Waals surface area contributed by atoms with Crippen molar-refractivity contribution in [3.63, 3.8) is 0 Å². The van der Waals surface area contributed by atoms with Crippen LogP contribution >= 0.6 is 0 Å². The lowest BCUT2D eigenvalue weighted by molar-refractivity contribution is 0.0985. The Kier molecular flexibility index (Phi) is 6.45. The van der Waals surface area contributed by atoms with Crippen molar-refractivity contribution in [2.75, 3.05) is 33.7 Å². The maximum Gasteiger partial charge on any atom is 0.0217 e. The van der Waals surface area contributed by atoms with Crippen LogP contribution in [0.4, 0.5) is 0 Å². The molecule has 1 saturated heterocycles. The van der Waals surface area contributed by atoms with Gasteiger partial charge in [-0.2, -0.15) is 0 Å². The molecule has 0 aromatic rings. The lowest BCUT2D eigenvalue weighted by Crippen LogP contribution is -2.49. The van der Waals surface area contributed by atoms with E-state index in [2.05, 4.69) is 50.0 Å². The zero-order valence-electron chi connectivity index (χ0n) is 12.4. The van der Waals surface area contributed by atoms with Gasteiger partial charge in [0.25, 0.3) is 0 Å². The van der Waals surface area contributed by atoms with Crippen LogP contribution < -0.4 is 5.32 Å². The fourth-order valence-electron chi connectivity index (χ4n) is 2.57. The van der Waals surface area contributed by atoms with Crippen molar-refractivity contribution < 1.29 is 0 Å². The summed E-state index contributed by atoms with van der Waals surface area (Å²) in [6.45, 7) is 10.5. The largest absolute Gasteiger partial charge is 0.314 e. The fourth-order valence-corrected chi connectivity index (χ4v) is 2.57. The lowest BCUT2D eigenvalue weighted by atomic mass is 10.0. The summed E-state index contributed by atoms with van der Waals surface area (Å²) >= 11 is 0. The zero-order valence-corrected chi connectivity index (χ0v) is 12.4. The van der Waals surface area contributed by atoms with Crippen molar-refractivity contribution in [1.82, 2.24) is 15.1 Å². The molecule has 3 nitrogen and oxygen atoms in total. The summed E-state index contributed by atoms with van der Waals surface area (Å²) in [5.41, 5.74) is 0. The predicted molar refractivity (Wildman–Crippen MR) is 75.5 cm³/mol. The van der Waals surface area contributed by atoms with Gasteiger partial charge >= 0.3 is 0 Å². The van der Waals surface area contributed by atoms with E-state index >= 15 is 0 Å². The van der Waals surface area contributed by atoms with Gasteiger partial charge in [0.05, 0.1) is 0 Å². The molecule has 0 bridgehead atoms. The molecule has 1 rings (SSSR count). The van der Waals surface area contributed by atoms with Crippen molar-refractivity contribution in [2.24, 2.45) is 0 Å². The molecule has 3 heteroatoms. The highest BCUT2D eigenvalue weighted by Gasteiger charge is 2.24. The second kappa shape index (κ2) is 7.34. The summed E-state index contributed by atoms with van der Waals surface area (Å²) < 4.78 is 0. The molecule has 1 N–H and O–H groups in total. The standard InChI is InChI=1S/C14H31N3/c1-12(2)15-9-8-13(3)17-10-6-7-14(11-17)16(4)5/h12-15H,6-11H2,1-5H3. The van der Waals surface area contributed by atoms with Gasteiger partial charge in [0, 0.05) is 24.7 Å². The van der Waals surface area contributed by atoms with E-state index in [4.69, 9.17) is 0 Å². The molecule has 0 radical (unpaired) electrons. The van der Waals surface area contributed by atoms with E-state index in [-0.39, 0.29) is 0 Å². The van der Waals surface area contributed by atoms with Crippen molar-refractivity contribution >= 4 is 0 Å². The summed E-state index contributed by atoms with van der Waals surface area (Å²) in [4.78, 5) is 5.04. The Morgan fingerprint density at radius 3 is 2.59 bits per heavy atom. The smallest absolute Gasteiger partial charge is 0.0217 e. The van der Waals surface area contributed by atoms with Crippen molar-refractivity contribution in [3.8, 4) is 0 Å². The van der Waals surface area contributed by atoms with Gasteiger partial charge in [-0.15, -0.1) is 0 Å². The number of hydrogen-bond acceptors (Lipinski definition) is 3. The Hall–Kier alpha value is -0.120. The van der Waals surface area contributed by atoms with Crippen LogP contribution in [0, 0.1) is 0 Å². The zero-order chi connectivity index (χ0) is 12.8. The highest BCUT2D eigenvalue weighted by atomic mass is 15.2. The van der Waals surface area contributed by atoms with E-state index in [0.717, 1.165) is 12.6 Å². The SMILES string of the molecule is CC(C)NCCC(C)N1CCCC(N(C)C)C1. The monoisotopic (exact) mass is 241 g/mol. The molecule has 0 aromatic heterocycles. The molecule has 0 amide bonds. The Bertz CT molecular complexity index is 204. The van der Waals surface area contributed by atoms with Crippen LogP contribution in [0.3, 0.4) is 0 Å². The minimum Gasteiger partial charge on any atom is -0.314 e. The van der Waals surface area contributed by atoms with Crippen LogP contribution in [0.1, 0.15) is 40.0 Å². The Balaban J connectivity index is 2.28. The quantitative estimate of drug-likeness (QED) is 0.765. The van der Waals surface area contributed by atoms with Crippen molar-refractivity contribution in [2.45, 2.75) is 58.2 Å². The number of likely N-dealkylation sites (tertiary alicyclic amines) is 1. The van der Waals surface area contributed by atoms with Crippen LogP contribution in [0.15, 0.2) is 0 Å². The molecule has 2 unspecified atom stereocenters. The van der Waals surface area contributed by atoms with E-state index < -0.39 is 0 Å². The number of rotatable bonds is 6. The molecule has 2 atom stereocenters. The number of nitrogens with one attached hydrogen (secondary N) is 1.